The first-order chi connectivity index (χ1) is 7.16. The molecule has 1 aromatic rings. The zero-order chi connectivity index (χ0) is 10.8. The van der Waals surface area contributed by atoms with Crippen molar-refractivity contribution in [2.75, 3.05) is 6.54 Å². The van der Waals surface area contributed by atoms with Crippen LogP contribution in [-0.2, 0) is 11.2 Å². The molecule has 1 N–H and O–H groups in total. The van der Waals surface area contributed by atoms with Crippen molar-refractivity contribution in [2.45, 2.75) is 6.42 Å². The molecule has 78 valence electrons. The molecular weight excluding hydrogens is 235 g/mol. The summed E-state index contributed by atoms with van der Waals surface area (Å²) in [6.07, 6.45) is 0.463. The van der Waals surface area contributed by atoms with E-state index in [-0.39, 0.29) is 12.5 Å². The Balaban J connectivity index is 2.21. The molecule has 1 heterocycles. The van der Waals surface area contributed by atoms with Crippen molar-refractivity contribution >= 4 is 34.9 Å². The quantitative estimate of drug-likeness (QED) is 0.848. The molecular formula is C10H8Cl2N2O. The van der Waals surface area contributed by atoms with Crippen LogP contribution >= 0.6 is 23.2 Å². The van der Waals surface area contributed by atoms with E-state index in [1.54, 1.807) is 18.2 Å². The highest BCUT2D eigenvalue weighted by molar-refractivity contribution is 6.36. The van der Waals surface area contributed by atoms with Gasteiger partial charge in [-0.3, -0.25) is 9.79 Å². The van der Waals surface area contributed by atoms with Gasteiger partial charge in [0.25, 0.3) is 0 Å². The summed E-state index contributed by atoms with van der Waals surface area (Å²) in [7, 11) is 0. The van der Waals surface area contributed by atoms with Gasteiger partial charge in [-0.2, -0.15) is 0 Å². The molecule has 0 radical (unpaired) electrons. The summed E-state index contributed by atoms with van der Waals surface area (Å²) in [5, 5.41) is 3.83. The molecule has 15 heavy (non-hydrogen) atoms. The minimum atomic E-state index is -0.0897. The Morgan fingerprint density at radius 1 is 1.33 bits per heavy atom. The van der Waals surface area contributed by atoms with Crippen LogP contribution in [0, 0.1) is 0 Å². The van der Waals surface area contributed by atoms with Gasteiger partial charge in [-0.05, 0) is 17.7 Å². The van der Waals surface area contributed by atoms with Gasteiger partial charge in [-0.25, -0.2) is 0 Å². The number of carbonyl (C=O) groups excluding carboxylic acids is 1. The number of halogens is 2. The highest BCUT2D eigenvalue weighted by Crippen LogP contribution is 2.24. The predicted octanol–water partition coefficient (Wildman–Crippen LogP) is 2.06. The molecule has 5 heteroatoms. The van der Waals surface area contributed by atoms with E-state index in [1.807, 2.05) is 0 Å². The maximum atomic E-state index is 10.9. The third kappa shape index (κ3) is 2.30. The van der Waals surface area contributed by atoms with Crippen molar-refractivity contribution in [3.63, 3.8) is 0 Å². The van der Waals surface area contributed by atoms with Gasteiger partial charge in [0.1, 0.15) is 12.4 Å². The lowest BCUT2D eigenvalue weighted by atomic mass is 10.1. The van der Waals surface area contributed by atoms with Crippen LogP contribution in [0.25, 0.3) is 0 Å². The van der Waals surface area contributed by atoms with Gasteiger partial charge in [-0.15, -0.1) is 0 Å². The number of nitrogens with one attached hydrogen (secondary N) is 1. The molecule has 0 saturated heterocycles. The number of amidine groups is 1. The lowest BCUT2D eigenvalue weighted by Crippen LogP contribution is -2.26. The maximum Gasteiger partial charge on any atom is 0.247 e. The largest absolute Gasteiger partial charge is 0.313 e. The number of hydrogen-bond donors (Lipinski definition) is 1. The lowest BCUT2D eigenvalue weighted by molar-refractivity contribution is -0.117. The van der Waals surface area contributed by atoms with E-state index in [4.69, 9.17) is 23.2 Å². The molecule has 0 fully saturated rings. The monoisotopic (exact) mass is 242 g/mol. The number of benzene rings is 1. The summed E-state index contributed by atoms with van der Waals surface area (Å²) in [4.78, 5) is 15.0. The molecule has 0 unspecified atom stereocenters. The third-order valence-electron chi connectivity index (χ3n) is 2.10. The van der Waals surface area contributed by atoms with E-state index in [0.29, 0.717) is 22.3 Å². The van der Waals surface area contributed by atoms with E-state index < -0.39 is 0 Å². The van der Waals surface area contributed by atoms with Gasteiger partial charge in [0.05, 0.1) is 0 Å². The molecule has 1 aliphatic rings. The number of rotatable bonds is 2. The molecule has 1 amide bonds. The molecule has 2 rings (SSSR count). The van der Waals surface area contributed by atoms with Gasteiger partial charge in [0.2, 0.25) is 5.91 Å². The zero-order valence-electron chi connectivity index (χ0n) is 7.76. The molecule has 1 aliphatic heterocycles. The van der Waals surface area contributed by atoms with Crippen LogP contribution in [0.1, 0.15) is 5.56 Å². The van der Waals surface area contributed by atoms with Crippen LogP contribution in [0.15, 0.2) is 23.2 Å². The highest BCUT2D eigenvalue weighted by atomic mass is 35.5. The Morgan fingerprint density at radius 2 is 2.00 bits per heavy atom. The van der Waals surface area contributed by atoms with Gasteiger partial charge < -0.3 is 5.32 Å². The van der Waals surface area contributed by atoms with E-state index in [0.717, 1.165) is 5.56 Å². The second-order valence-electron chi connectivity index (χ2n) is 3.19. The molecule has 0 saturated carbocycles. The number of hydrogen-bond acceptors (Lipinski definition) is 2. The second-order valence-corrected chi connectivity index (χ2v) is 4.00. The van der Waals surface area contributed by atoms with Crippen LogP contribution < -0.4 is 5.32 Å². The Labute approximate surface area is 97.1 Å². The first-order valence-corrected chi connectivity index (χ1v) is 5.18. The fraction of sp³-hybridized carbons (Fsp3) is 0.200. The first-order valence-electron chi connectivity index (χ1n) is 4.43. The number of amides is 1. The smallest absolute Gasteiger partial charge is 0.247 e. The van der Waals surface area contributed by atoms with Gasteiger partial charge in [0.15, 0.2) is 0 Å². The standard InChI is InChI=1S/C10H8Cl2N2O/c11-7-2-1-3-8(12)6(7)4-9-13-5-10(15)14-9/h1-3H,4-5H2,(H,13,14,15). The summed E-state index contributed by atoms with van der Waals surface area (Å²) in [5.74, 6) is 0.531. The van der Waals surface area contributed by atoms with Crippen molar-refractivity contribution in [1.82, 2.24) is 5.32 Å². The average Bonchev–Trinajstić information content (AvgIpc) is 2.58. The predicted molar refractivity (Wildman–Crippen MR) is 60.6 cm³/mol. The number of nitrogens with zero attached hydrogens (tertiary/aromatic N) is 1. The molecule has 0 spiro atoms. The van der Waals surface area contributed by atoms with Crippen LogP contribution in [0.3, 0.4) is 0 Å². The third-order valence-corrected chi connectivity index (χ3v) is 2.81. The van der Waals surface area contributed by atoms with Crippen molar-refractivity contribution < 1.29 is 4.79 Å². The van der Waals surface area contributed by atoms with Gasteiger partial charge >= 0.3 is 0 Å². The van der Waals surface area contributed by atoms with Gasteiger partial charge in [0, 0.05) is 16.5 Å². The van der Waals surface area contributed by atoms with E-state index in [9.17, 15) is 4.79 Å². The molecule has 0 atom stereocenters. The topological polar surface area (TPSA) is 41.5 Å². The summed E-state index contributed by atoms with van der Waals surface area (Å²) in [6, 6.07) is 5.31. The van der Waals surface area contributed by atoms with Crippen molar-refractivity contribution in [3.8, 4) is 0 Å². The van der Waals surface area contributed by atoms with E-state index in [2.05, 4.69) is 10.3 Å². The zero-order valence-corrected chi connectivity index (χ0v) is 9.27. The Bertz CT molecular complexity index is 423. The van der Waals surface area contributed by atoms with Crippen LogP contribution in [-0.4, -0.2) is 18.3 Å². The molecule has 1 aromatic carbocycles. The average molecular weight is 243 g/mol. The van der Waals surface area contributed by atoms with Crippen molar-refractivity contribution in [2.24, 2.45) is 4.99 Å². The SMILES string of the molecule is O=C1CN=C(Cc2c(Cl)cccc2Cl)N1. The molecule has 0 aliphatic carbocycles. The fourth-order valence-electron chi connectivity index (χ4n) is 1.38. The summed E-state index contributed by atoms with van der Waals surface area (Å²) in [5.41, 5.74) is 0.793. The summed E-state index contributed by atoms with van der Waals surface area (Å²) in [6.45, 7) is 0.192. The van der Waals surface area contributed by atoms with E-state index >= 15 is 0 Å². The van der Waals surface area contributed by atoms with Crippen LogP contribution in [0.4, 0.5) is 0 Å². The summed E-state index contributed by atoms with van der Waals surface area (Å²) < 4.78 is 0. The first kappa shape index (κ1) is 10.5. The molecule has 0 bridgehead atoms. The Kier molecular flexibility index (Phi) is 2.93. The number of aliphatic imine (C=N–C) groups is 1. The maximum absolute atomic E-state index is 10.9. The normalized spacial score (nSPS) is 15.1. The summed E-state index contributed by atoms with van der Waals surface area (Å²) >= 11 is 12.0. The number of carbonyl (C=O) groups is 1. The van der Waals surface area contributed by atoms with Gasteiger partial charge in [-0.1, -0.05) is 29.3 Å². The minimum absolute atomic E-state index is 0.0897. The molecule has 3 nitrogen and oxygen atoms in total. The Hall–Kier alpha value is -1.06. The van der Waals surface area contributed by atoms with Crippen LogP contribution in [0.2, 0.25) is 10.0 Å². The fourth-order valence-corrected chi connectivity index (χ4v) is 1.91. The van der Waals surface area contributed by atoms with Crippen molar-refractivity contribution in [1.29, 1.82) is 0 Å². The van der Waals surface area contributed by atoms with E-state index in [1.165, 1.54) is 0 Å². The Morgan fingerprint density at radius 3 is 2.53 bits per heavy atom. The minimum Gasteiger partial charge on any atom is -0.313 e. The highest BCUT2D eigenvalue weighted by Gasteiger charge is 2.16. The van der Waals surface area contributed by atoms with Crippen LogP contribution in [0.5, 0.6) is 0 Å². The second kappa shape index (κ2) is 4.21. The lowest BCUT2D eigenvalue weighted by Gasteiger charge is -2.06. The molecule has 0 aromatic heterocycles. The van der Waals surface area contributed by atoms with Crippen molar-refractivity contribution in [3.05, 3.63) is 33.8 Å².